The van der Waals surface area contributed by atoms with Crippen molar-refractivity contribution in [3.05, 3.63) is 53.3 Å². The third-order valence-corrected chi connectivity index (χ3v) is 5.70. The molecule has 3 aromatic heterocycles. The molecule has 1 aliphatic rings. The first-order valence-electron chi connectivity index (χ1n) is 8.45. The molecule has 3 aromatic rings. The normalized spacial score (nSPS) is 18.9. The molecule has 2 unspecified atom stereocenters. The molecule has 3 N–H and O–H groups in total. The summed E-state index contributed by atoms with van der Waals surface area (Å²) in [5.41, 5.74) is 7.05. The number of amides is 1. The van der Waals surface area contributed by atoms with Gasteiger partial charge in [-0.2, -0.15) is 0 Å². The van der Waals surface area contributed by atoms with Gasteiger partial charge in [-0.1, -0.05) is 6.07 Å². The summed E-state index contributed by atoms with van der Waals surface area (Å²) in [7, 11) is 0. The van der Waals surface area contributed by atoms with Crippen molar-refractivity contribution in [1.29, 1.82) is 0 Å². The molecule has 7 nitrogen and oxygen atoms in total. The summed E-state index contributed by atoms with van der Waals surface area (Å²) in [6.07, 6.45) is 5.68. The fourth-order valence-corrected chi connectivity index (χ4v) is 3.81. The van der Waals surface area contributed by atoms with E-state index in [-0.39, 0.29) is 0 Å². The molecule has 1 aliphatic carbocycles. The van der Waals surface area contributed by atoms with Crippen molar-refractivity contribution in [1.82, 2.24) is 20.2 Å². The third kappa shape index (κ3) is 3.41. The Morgan fingerprint density at radius 3 is 2.73 bits per heavy atom. The van der Waals surface area contributed by atoms with Gasteiger partial charge in [-0.05, 0) is 43.0 Å². The maximum atomic E-state index is 11.2. The number of nitrogens with zero attached hydrogens (tertiary/aromatic N) is 4. The van der Waals surface area contributed by atoms with Crippen LogP contribution in [0.5, 0.6) is 0 Å². The summed E-state index contributed by atoms with van der Waals surface area (Å²) in [5.74, 6) is 1.32. The van der Waals surface area contributed by atoms with Gasteiger partial charge < -0.3 is 11.1 Å². The van der Waals surface area contributed by atoms with Crippen molar-refractivity contribution in [3.8, 4) is 10.7 Å². The lowest BCUT2D eigenvalue weighted by atomic mass is 9.71. The fraction of sp³-hybridized carbons (Fsp3) is 0.278. The zero-order valence-electron chi connectivity index (χ0n) is 14.0. The molecule has 0 spiro atoms. The number of hydrogen-bond acceptors (Lipinski definition) is 7. The second-order valence-corrected chi connectivity index (χ2v) is 7.31. The largest absolute Gasteiger partial charge is 0.368 e. The highest BCUT2D eigenvalue weighted by atomic mass is 32.1. The summed E-state index contributed by atoms with van der Waals surface area (Å²) in [4.78, 5) is 20.2. The number of carbonyl (C=O) groups excluding carboxylic acids is 1. The van der Waals surface area contributed by atoms with Gasteiger partial charge in [-0.3, -0.25) is 9.78 Å². The molecule has 1 fully saturated rings. The Labute approximate surface area is 154 Å². The summed E-state index contributed by atoms with van der Waals surface area (Å²) in [5, 5.41) is 12.4. The zero-order valence-corrected chi connectivity index (χ0v) is 14.8. The summed E-state index contributed by atoms with van der Waals surface area (Å²) in [6.45, 7) is 0.846. The van der Waals surface area contributed by atoms with Gasteiger partial charge >= 0.3 is 0 Å². The predicted octanol–water partition coefficient (Wildman–Crippen LogP) is 2.70. The molecule has 0 aliphatic heterocycles. The van der Waals surface area contributed by atoms with E-state index < -0.39 is 5.91 Å². The molecule has 4 rings (SSSR count). The number of hydrogen-bond donors (Lipinski definition) is 2. The fourth-order valence-electron chi connectivity index (χ4n) is 3.08. The molecule has 0 radical (unpaired) electrons. The number of anilines is 1. The number of nitrogens with two attached hydrogens (primary N) is 1. The molecule has 1 amide bonds. The molecule has 132 valence electrons. The lowest BCUT2D eigenvalue weighted by Crippen LogP contribution is -2.30. The Hall–Kier alpha value is -2.87. The van der Waals surface area contributed by atoms with Crippen molar-refractivity contribution in [2.45, 2.75) is 18.8 Å². The van der Waals surface area contributed by atoms with E-state index in [0.717, 1.165) is 12.4 Å². The summed E-state index contributed by atoms with van der Waals surface area (Å²) in [6, 6.07) is 9.80. The Morgan fingerprint density at radius 2 is 2.12 bits per heavy atom. The molecule has 8 heteroatoms. The first-order chi connectivity index (χ1) is 12.7. The number of primary amides is 1. The summed E-state index contributed by atoms with van der Waals surface area (Å²) >= 11 is 1.21. The van der Waals surface area contributed by atoms with Gasteiger partial charge in [-0.25, -0.2) is 4.98 Å². The summed E-state index contributed by atoms with van der Waals surface area (Å²) < 4.78 is 0. The van der Waals surface area contributed by atoms with Crippen LogP contribution in [-0.4, -0.2) is 32.6 Å². The highest BCUT2D eigenvalue weighted by Crippen LogP contribution is 2.41. The molecule has 2 atom stereocenters. The Morgan fingerprint density at radius 1 is 1.19 bits per heavy atom. The molecule has 3 heterocycles. The van der Waals surface area contributed by atoms with Crippen molar-refractivity contribution in [2.75, 3.05) is 11.9 Å². The standard InChI is InChI=1S/C18H18N6OS/c19-17(25)15-10-22-18(26-15)14-6-7-16(24-23-14)21-9-11-4-5-12(11)13-3-1-2-8-20-13/h1-3,6-8,10-12H,4-5,9H2,(H2,19,25)(H,21,24). The van der Waals surface area contributed by atoms with Gasteiger partial charge in [0.05, 0.1) is 6.20 Å². The average Bonchev–Trinajstić information content (AvgIpc) is 3.13. The molecular weight excluding hydrogens is 348 g/mol. The monoisotopic (exact) mass is 366 g/mol. The van der Waals surface area contributed by atoms with E-state index in [1.54, 1.807) is 0 Å². The third-order valence-electron chi connectivity index (χ3n) is 4.66. The quantitative estimate of drug-likeness (QED) is 0.695. The van der Waals surface area contributed by atoms with Crippen LogP contribution in [0.25, 0.3) is 10.7 Å². The van der Waals surface area contributed by atoms with Crippen molar-refractivity contribution in [3.63, 3.8) is 0 Å². The van der Waals surface area contributed by atoms with Crippen molar-refractivity contribution >= 4 is 23.1 Å². The molecule has 0 saturated heterocycles. The van der Waals surface area contributed by atoms with Crippen LogP contribution in [0.4, 0.5) is 5.82 Å². The predicted molar refractivity (Wildman–Crippen MR) is 99.8 cm³/mol. The van der Waals surface area contributed by atoms with Crippen LogP contribution < -0.4 is 11.1 Å². The van der Waals surface area contributed by atoms with E-state index in [1.165, 1.54) is 36.1 Å². The topological polar surface area (TPSA) is 107 Å². The van der Waals surface area contributed by atoms with Gasteiger partial charge in [0.25, 0.3) is 5.91 Å². The molecule has 0 aromatic carbocycles. The second-order valence-electron chi connectivity index (χ2n) is 6.28. The minimum atomic E-state index is -0.483. The average molecular weight is 366 g/mol. The minimum Gasteiger partial charge on any atom is -0.368 e. The van der Waals surface area contributed by atoms with Gasteiger partial charge in [-0.15, -0.1) is 21.5 Å². The van der Waals surface area contributed by atoms with Crippen molar-refractivity contribution < 1.29 is 4.79 Å². The number of carbonyl (C=O) groups is 1. The number of aromatic nitrogens is 4. The Balaban J connectivity index is 1.36. The SMILES string of the molecule is NC(=O)c1cnc(-c2ccc(NCC3CCC3c3ccccn3)nn2)s1. The van der Waals surface area contributed by atoms with E-state index in [2.05, 4.69) is 31.5 Å². The van der Waals surface area contributed by atoms with E-state index in [0.29, 0.717) is 27.4 Å². The van der Waals surface area contributed by atoms with Crippen LogP contribution in [-0.2, 0) is 0 Å². The first kappa shape index (κ1) is 16.6. The number of rotatable bonds is 6. The van der Waals surface area contributed by atoms with E-state index in [9.17, 15) is 4.79 Å². The van der Waals surface area contributed by atoms with E-state index in [4.69, 9.17) is 5.73 Å². The minimum absolute atomic E-state index is 0.412. The first-order valence-corrected chi connectivity index (χ1v) is 9.27. The molecule has 0 bridgehead atoms. The maximum absolute atomic E-state index is 11.2. The smallest absolute Gasteiger partial charge is 0.260 e. The maximum Gasteiger partial charge on any atom is 0.260 e. The second kappa shape index (κ2) is 7.17. The van der Waals surface area contributed by atoms with Crippen LogP contribution in [0.2, 0.25) is 0 Å². The number of nitrogens with one attached hydrogen (secondary N) is 1. The van der Waals surface area contributed by atoms with Gasteiger partial charge in [0.15, 0.2) is 0 Å². The van der Waals surface area contributed by atoms with Crippen LogP contribution >= 0.6 is 11.3 Å². The molecule has 1 saturated carbocycles. The molecular formula is C18H18N6OS. The number of pyridine rings is 1. The van der Waals surface area contributed by atoms with Crippen LogP contribution in [0.15, 0.2) is 42.7 Å². The number of thiazole rings is 1. The Kier molecular flexibility index (Phi) is 4.57. The lowest BCUT2D eigenvalue weighted by molar-refractivity contribution is 0.100. The van der Waals surface area contributed by atoms with Gasteiger partial charge in [0, 0.05) is 24.4 Å². The van der Waals surface area contributed by atoms with E-state index >= 15 is 0 Å². The highest BCUT2D eigenvalue weighted by Gasteiger charge is 2.32. The van der Waals surface area contributed by atoms with Crippen LogP contribution in [0.1, 0.15) is 34.1 Å². The Bertz CT molecular complexity index is 896. The molecule has 26 heavy (non-hydrogen) atoms. The highest BCUT2D eigenvalue weighted by molar-refractivity contribution is 7.16. The van der Waals surface area contributed by atoms with E-state index in [1.807, 2.05) is 30.5 Å². The van der Waals surface area contributed by atoms with Crippen LogP contribution in [0, 0.1) is 5.92 Å². The lowest BCUT2D eigenvalue weighted by Gasteiger charge is -2.36. The van der Waals surface area contributed by atoms with Crippen LogP contribution in [0.3, 0.4) is 0 Å². The van der Waals surface area contributed by atoms with Gasteiger partial charge in [0.2, 0.25) is 0 Å². The van der Waals surface area contributed by atoms with Gasteiger partial charge in [0.1, 0.15) is 21.4 Å². The zero-order chi connectivity index (χ0) is 17.9. The van der Waals surface area contributed by atoms with Crippen molar-refractivity contribution in [2.24, 2.45) is 11.7 Å².